The van der Waals surface area contributed by atoms with Gasteiger partial charge in [0.2, 0.25) is 0 Å². The number of aryl methyl sites for hydroxylation is 1. The van der Waals surface area contributed by atoms with Gasteiger partial charge in [-0.25, -0.2) is 8.78 Å². The van der Waals surface area contributed by atoms with Crippen LogP contribution in [0.1, 0.15) is 28.7 Å². The summed E-state index contributed by atoms with van der Waals surface area (Å²) >= 11 is 0. The lowest BCUT2D eigenvalue weighted by Crippen LogP contribution is -2.38. The summed E-state index contributed by atoms with van der Waals surface area (Å²) in [6, 6.07) is 5.48. The Morgan fingerprint density at radius 1 is 1.27 bits per heavy atom. The molecular weight excluding hydrogens is 392 g/mol. The molecule has 9 heteroatoms. The number of H-pyrrole nitrogens is 1. The van der Waals surface area contributed by atoms with Crippen molar-refractivity contribution in [2.75, 3.05) is 26.3 Å². The van der Waals surface area contributed by atoms with Crippen molar-refractivity contribution in [2.45, 2.75) is 26.0 Å². The van der Waals surface area contributed by atoms with Gasteiger partial charge in [0.05, 0.1) is 25.1 Å². The lowest BCUT2D eigenvalue weighted by atomic mass is 10.1. The van der Waals surface area contributed by atoms with Gasteiger partial charge in [-0.2, -0.15) is 10.2 Å². The Morgan fingerprint density at radius 2 is 2.13 bits per heavy atom. The Balaban J connectivity index is 1.30. The number of aromatic nitrogens is 4. The van der Waals surface area contributed by atoms with Crippen molar-refractivity contribution >= 4 is 0 Å². The zero-order chi connectivity index (χ0) is 21.1. The van der Waals surface area contributed by atoms with Crippen LogP contribution in [0.5, 0.6) is 5.75 Å². The minimum Gasteiger partial charge on any atom is -0.493 e. The molecule has 0 radical (unpaired) electrons. The number of hydrogen-bond donors (Lipinski definition) is 1. The molecule has 0 unspecified atom stereocenters. The van der Waals surface area contributed by atoms with Gasteiger partial charge in [-0.1, -0.05) is 0 Å². The Kier molecular flexibility index (Phi) is 6.10. The van der Waals surface area contributed by atoms with E-state index < -0.39 is 11.6 Å². The third-order valence-corrected chi connectivity index (χ3v) is 5.39. The average molecular weight is 417 g/mol. The predicted octanol–water partition coefficient (Wildman–Crippen LogP) is 2.92. The monoisotopic (exact) mass is 417 g/mol. The van der Waals surface area contributed by atoms with Crippen LogP contribution in [0.3, 0.4) is 0 Å². The molecule has 2 aromatic heterocycles. The molecular formula is C21H25F2N5O2. The zero-order valence-corrected chi connectivity index (χ0v) is 17.1. The lowest BCUT2D eigenvalue weighted by Gasteiger charge is -2.32. The van der Waals surface area contributed by atoms with Crippen LogP contribution in [0.2, 0.25) is 0 Å². The molecule has 0 saturated carbocycles. The van der Waals surface area contributed by atoms with E-state index in [1.54, 1.807) is 0 Å². The number of hydrogen-bond acceptors (Lipinski definition) is 5. The van der Waals surface area contributed by atoms with E-state index in [9.17, 15) is 8.78 Å². The SMILES string of the molecule is Cc1c(CN2CCO[C@@H](c3cc(CCOc4ccc(F)c(F)c4)[nH]n3)C2)cnn1C. The minimum absolute atomic E-state index is 0.104. The van der Waals surface area contributed by atoms with Gasteiger partial charge >= 0.3 is 0 Å². The molecule has 1 N–H and O–H groups in total. The highest BCUT2D eigenvalue weighted by atomic mass is 19.2. The van der Waals surface area contributed by atoms with Crippen LogP contribution in [0, 0.1) is 18.6 Å². The average Bonchev–Trinajstić information content (AvgIpc) is 3.33. The summed E-state index contributed by atoms with van der Waals surface area (Å²) in [6.07, 6.45) is 2.38. The van der Waals surface area contributed by atoms with Crippen LogP contribution in [0.15, 0.2) is 30.5 Å². The second-order valence-corrected chi connectivity index (χ2v) is 7.47. The van der Waals surface area contributed by atoms with E-state index in [0.717, 1.165) is 43.2 Å². The smallest absolute Gasteiger partial charge is 0.162 e. The summed E-state index contributed by atoms with van der Waals surface area (Å²) < 4.78 is 39.5. The summed E-state index contributed by atoms with van der Waals surface area (Å²) in [6.45, 7) is 5.49. The first-order valence-corrected chi connectivity index (χ1v) is 9.93. The van der Waals surface area contributed by atoms with Crippen LogP contribution in [0.25, 0.3) is 0 Å². The number of aromatic amines is 1. The first-order chi connectivity index (χ1) is 14.5. The maximum Gasteiger partial charge on any atom is 0.162 e. The number of halogens is 2. The van der Waals surface area contributed by atoms with E-state index in [4.69, 9.17) is 9.47 Å². The van der Waals surface area contributed by atoms with Gasteiger partial charge in [0.1, 0.15) is 11.9 Å². The van der Waals surface area contributed by atoms with Gasteiger partial charge in [-0.15, -0.1) is 0 Å². The molecule has 1 atom stereocenters. The number of morpholine rings is 1. The van der Waals surface area contributed by atoms with Crippen molar-refractivity contribution in [1.29, 1.82) is 0 Å². The van der Waals surface area contributed by atoms with E-state index in [1.165, 1.54) is 17.3 Å². The van der Waals surface area contributed by atoms with Crippen LogP contribution < -0.4 is 4.74 Å². The molecule has 0 spiro atoms. The standard InChI is InChI=1S/C21H25F2N5O2/c1-14-15(11-24-27(14)2)12-28-6-8-30-21(13-28)20-9-16(25-26-20)5-7-29-17-3-4-18(22)19(23)10-17/h3-4,9-11,21H,5-8,12-13H2,1-2H3,(H,25,26)/t21-/m1/s1. The first-order valence-electron chi connectivity index (χ1n) is 9.93. The van der Waals surface area contributed by atoms with Gasteiger partial charge in [0.15, 0.2) is 11.6 Å². The molecule has 0 bridgehead atoms. The maximum atomic E-state index is 13.2. The van der Waals surface area contributed by atoms with Gasteiger partial charge in [-0.05, 0) is 25.1 Å². The highest BCUT2D eigenvalue weighted by Crippen LogP contribution is 2.23. The van der Waals surface area contributed by atoms with Gasteiger partial charge < -0.3 is 9.47 Å². The Morgan fingerprint density at radius 3 is 2.90 bits per heavy atom. The van der Waals surface area contributed by atoms with E-state index >= 15 is 0 Å². The Bertz CT molecular complexity index is 1000. The zero-order valence-electron chi connectivity index (χ0n) is 17.1. The number of rotatable bonds is 7. The third kappa shape index (κ3) is 4.68. The normalized spacial score (nSPS) is 17.4. The molecule has 3 aromatic rings. The topological polar surface area (TPSA) is 68.2 Å². The number of nitrogens with zero attached hydrogens (tertiary/aromatic N) is 4. The fourth-order valence-corrected chi connectivity index (χ4v) is 3.48. The summed E-state index contributed by atoms with van der Waals surface area (Å²) in [5.41, 5.74) is 4.14. The molecule has 1 saturated heterocycles. The second kappa shape index (κ2) is 8.93. The maximum absolute atomic E-state index is 13.2. The number of nitrogens with one attached hydrogen (secondary N) is 1. The summed E-state index contributed by atoms with van der Waals surface area (Å²) in [5.74, 6) is -1.51. The molecule has 1 aliphatic heterocycles. The summed E-state index contributed by atoms with van der Waals surface area (Å²) in [5, 5.41) is 11.7. The lowest BCUT2D eigenvalue weighted by molar-refractivity contribution is -0.0350. The second-order valence-electron chi connectivity index (χ2n) is 7.47. The van der Waals surface area contributed by atoms with Crippen LogP contribution in [-0.2, 0) is 24.8 Å². The quantitative estimate of drug-likeness (QED) is 0.640. The molecule has 7 nitrogen and oxygen atoms in total. The molecule has 0 aliphatic carbocycles. The van der Waals surface area contributed by atoms with Crippen LogP contribution in [0.4, 0.5) is 8.78 Å². The van der Waals surface area contributed by atoms with Crippen LogP contribution in [-0.4, -0.2) is 51.2 Å². The van der Waals surface area contributed by atoms with E-state index in [2.05, 4.69) is 27.1 Å². The molecule has 0 amide bonds. The van der Waals surface area contributed by atoms with Crippen molar-refractivity contribution < 1.29 is 18.3 Å². The highest BCUT2D eigenvalue weighted by molar-refractivity contribution is 5.23. The predicted molar refractivity (Wildman–Crippen MR) is 106 cm³/mol. The molecule has 30 heavy (non-hydrogen) atoms. The fraction of sp³-hybridized carbons (Fsp3) is 0.429. The van der Waals surface area contributed by atoms with Crippen molar-refractivity contribution in [3.8, 4) is 5.75 Å². The first kappa shape index (κ1) is 20.5. The van der Waals surface area contributed by atoms with Crippen LogP contribution >= 0.6 is 0 Å². The van der Waals surface area contributed by atoms with E-state index in [-0.39, 0.29) is 6.10 Å². The molecule has 1 aliphatic rings. The molecule has 160 valence electrons. The summed E-state index contributed by atoms with van der Waals surface area (Å²) in [7, 11) is 1.95. The molecule has 1 aromatic carbocycles. The van der Waals surface area contributed by atoms with Crippen molar-refractivity contribution in [2.24, 2.45) is 7.05 Å². The molecule has 3 heterocycles. The summed E-state index contributed by atoms with van der Waals surface area (Å²) in [4.78, 5) is 2.35. The highest BCUT2D eigenvalue weighted by Gasteiger charge is 2.25. The van der Waals surface area contributed by atoms with Gasteiger partial charge in [0, 0.05) is 56.1 Å². The van der Waals surface area contributed by atoms with Crippen molar-refractivity contribution in [1.82, 2.24) is 24.9 Å². The van der Waals surface area contributed by atoms with E-state index in [1.807, 2.05) is 24.0 Å². The fourth-order valence-electron chi connectivity index (χ4n) is 3.48. The third-order valence-electron chi connectivity index (χ3n) is 5.39. The van der Waals surface area contributed by atoms with Gasteiger partial charge in [0.25, 0.3) is 0 Å². The Labute approximate surface area is 173 Å². The Hall–Kier alpha value is -2.78. The largest absolute Gasteiger partial charge is 0.493 e. The van der Waals surface area contributed by atoms with E-state index in [0.29, 0.717) is 25.4 Å². The number of ether oxygens (including phenoxy) is 2. The molecule has 4 rings (SSSR count). The number of benzene rings is 1. The van der Waals surface area contributed by atoms with Crippen molar-refractivity contribution in [3.05, 3.63) is 64.7 Å². The molecule has 1 fully saturated rings. The minimum atomic E-state index is -0.920. The van der Waals surface area contributed by atoms with Gasteiger partial charge in [-0.3, -0.25) is 14.7 Å². The van der Waals surface area contributed by atoms with Crippen molar-refractivity contribution in [3.63, 3.8) is 0 Å².